The van der Waals surface area contributed by atoms with Crippen molar-refractivity contribution >= 4 is 5.91 Å². The molecular weight excluding hydrogens is 248 g/mol. The molecule has 20 heavy (non-hydrogen) atoms. The van der Waals surface area contributed by atoms with Gasteiger partial charge in [-0.05, 0) is 36.4 Å². The summed E-state index contributed by atoms with van der Waals surface area (Å²) in [5.41, 5.74) is 1.38. The Kier molecular flexibility index (Phi) is 4.81. The van der Waals surface area contributed by atoms with Crippen LogP contribution in [-0.4, -0.2) is 19.0 Å². The maximum absolute atomic E-state index is 12.2. The molecule has 0 saturated carbocycles. The quantitative estimate of drug-likeness (QED) is 0.867. The van der Waals surface area contributed by atoms with Crippen LogP contribution in [0.4, 0.5) is 0 Å². The summed E-state index contributed by atoms with van der Waals surface area (Å²) in [6, 6.07) is 10.4. The van der Waals surface area contributed by atoms with Gasteiger partial charge in [-0.3, -0.25) is 4.79 Å². The lowest BCUT2D eigenvalue weighted by Gasteiger charge is -2.30. The Hall–Kier alpha value is -1.35. The van der Waals surface area contributed by atoms with Gasteiger partial charge in [0.15, 0.2) is 0 Å². The van der Waals surface area contributed by atoms with Crippen LogP contribution in [0.2, 0.25) is 0 Å². The zero-order valence-electron chi connectivity index (χ0n) is 12.8. The normalized spacial score (nSPS) is 17.4. The second kappa shape index (κ2) is 6.40. The molecule has 1 heterocycles. The number of carbonyl (C=O) groups excluding carboxylic acids is 1. The molecule has 1 aromatic rings. The Morgan fingerprint density at radius 2 is 1.95 bits per heavy atom. The third-order valence-electron chi connectivity index (χ3n) is 3.69. The Balaban J connectivity index is 2.00. The zero-order valence-corrected chi connectivity index (χ0v) is 12.8. The van der Waals surface area contributed by atoms with Crippen LogP contribution in [0.25, 0.3) is 0 Å². The van der Waals surface area contributed by atoms with Gasteiger partial charge in [-0.25, -0.2) is 0 Å². The molecule has 1 atom stereocenters. The first-order valence-electron chi connectivity index (χ1n) is 7.49. The van der Waals surface area contributed by atoms with E-state index >= 15 is 0 Å². The molecule has 0 bridgehead atoms. The van der Waals surface area contributed by atoms with Crippen LogP contribution in [0, 0.1) is 11.3 Å². The van der Waals surface area contributed by atoms with Crippen LogP contribution in [-0.2, 0) is 4.79 Å². The molecule has 1 aliphatic heterocycles. The molecule has 1 unspecified atom stereocenters. The van der Waals surface area contributed by atoms with Gasteiger partial charge < -0.3 is 10.6 Å². The van der Waals surface area contributed by atoms with Crippen molar-refractivity contribution in [2.75, 3.05) is 13.1 Å². The molecule has 1 fully saturated rings. The first-order chi connectivity index (χ1) is 9.44. The minimum atomic E-state index is 0.108. The lowest BCUT2D eigenvalue weighted by atomic mass is 9.85. The summed E-state index contributed by atoms with van der Waals surface area (Å²) in [4.78, 5) is 12.2. The minimum absolute atomic E-state index is 0.108. The van der Waals surface area contributed by atoms with Gasteiger partial charge in [-0.1, -0.05) is 51.1 Å². The van der Waals surface area contributed by atoms with E-state index in [0.29, 0.717) is 12.3 Å². The number of hydrogen-bond acceptors (Lipinski definition) is 2. The fraction of sp³-hybridized carbons (Fsp3) is 0.588. The van der Waals surface area contributed by atoms with Crippen LogP contribution < -0.4 is 10.6 Å². The first-order valence-corrected chi connectivity index (χ1v) is 7.49. The molecule has 1 aromatic carbocycles. The summed E-state index contributed by atoms with van der Waals surface area (Å²) in [5.74, 6) is 0.690. The predicted molar refractivity (Wildman–Crippen MR) is 82.4 cm³/mol. The first kappa shape index (κ1) is 15.0. The molecule has 2 rings (SSSR count). The summed E-state index contributed by atoms with van der Waals surface area (Å²) < 4.78 is 0. The molecule has 0 radical (unpaired) electrons. The molecule has 0 aromatic heterocycles. The summed E-state index contributed by atoms with van der Waals surface area (Å²) in [6.07, 6.45) is 1.59. The monoisotopic (exact) mass is 274 g/mol. The molecule has 2 N–H and O–H groups in total. The lowest BCUT2D eigenvalue weighted by Crippen LogP contribution is -2.45. The van der Waals surface area contributed by atoms with E-state index < -0.39 is 0 Å². The predicted octanol–water partition coefficient (Wildman–Crippen LogP) is 2.89. The molecule has 3 heteroatoms. The fourth-order valence-corrected chi connectivity index (χ4v) is 2.56. The highest BCUT2D eigenvalue weighted by atomic mass is 16.1. The van der Waals surface area contributed by atoms with Crippen LogP contribution in [0.5, 0.6) is 0 Å². The lowest BCUT2D eigenvalue weighted by molar-refractivity contribution is -0.123. The zero-order chi connectivity index (χ0) is 14.6. The number of rotatable bonds is 5. The topological polar surface area (TPSA) is 41.1 Å². The standard InChI is InChI=1S/C17H26N2O/c1-17(2,3)10-15(14-7-5-4-6-8-14)19-16(20)9-13-11-18-12-13/h4-8,13,15,18H,9-12H2,1-3H3,(H,19,20). The Labute approximate surface area is 122 Å². The van der Waals surface area contributed by atoms with E-state index in [0.717, 1.165) is 19.5 Å². The van der Waals surface area contributed by atoms with Gasteiger partial charge in [0.05, 0.1) is 6.04 Å². The van der Waals surface area contributed by atoms with Gasteiger partial charge in [-0.2, -0.15) is 0 Å². The molecule has 1 saturated heterocycles. The van der Waals surface area contributed by atoms with Crippen molar-refractivity contribution in [2.24, 2.45) is 11.3 Å². The van der Waals surface area contributed by atoms with Gasteiger partial charge in [0, 0.05) is 6.42 Å². The van der Waals surface area contributed by atoms with Crippen LogP contribution in [0.1, 0.15) is 45.2 Å². The maximum atomic E-state index is 12.2. The van der Waals surface area contributed by atoms with Crippen molar-refractivity contribution in [3.8, 4) is 0 Å². The molecule has 0 spiro atoms. The number of carbonyl (C=O) groups is 1. The average molecular weight is 274 g/mol. The Bertz CT molecular complexity index is 432. The third kappa shape index (κ3) is 4.64. The van der Waals surface area contributed by atoms with Crippen molar-refractivity contribution in [3.05, 3.63) is 35.9 Å². The molecule has 3 nitrogen and oxygen atoms in total. The second-order valence-electron chi connectivity index (χ2n) is 7.02. The summed E-state index contributed by atoms with van der Waals surface area (Å²) in [5, 5.41) is 6.43. The molecule has 1 aliphatic rings. The van der Waals surface area contributed by atoms with Crippen molar-refractivity contribution in [2.45, 2.75) is 39.7 Å². The molecule has 110 valence electrons. The van der Waals surface area contributed by atoms with Crippen LogP contribution >= 0.6 is 0 Å². The van der Waals surface area contributed by atoms with Gasteiger partial charge in [0.1, 0.15) is 0 Å². The van der Waals surface area contributed by atoms with E-state index in [1.165, 1.54) is 5.56 Å². The van der Waals surface area contributed by atoms with Gasteiger partial charge in [0.2, 0.25) is 5.91 Å². The SMILES string of the molecule is CC(C)(C)CC(NC(=O)CC1CNC1)c1ccccc1. The summed E-state index contributed by atoms with van der Waals surface area (Å²) in [7, 11) is 0. The van der Waals surface area contributed by atoms with E-state index in [2.05, 4.69) is 43.5 Å². The minimum Gasteiger partial charge on any atom is -0.349 e. The van der Waals surface area contributed by atoms with E-state index in [9.17, 15) is 4.79 Å². The Morgan fingerprint density at radius 3 is 2.45 bits per heavy atom. The highest BCUT2D eigenvalue weighted by Gasteiger charge is 2.24. The number of amides is 1. The molecular formula is C17H26N2O. The van der Waals surface area contributed by atoms with Gasteiger partial charge in [0.25, 0.3) is 0 Å². The van der Waals surface area contributed by atoms with E-state index in [-0.39, 0.29) is 17.4 Å². The van der Waals surface area contributed by atoms with Crippen molar-refractivity contribution in [1.29, 1.82) is 0 Å². The largest absolute Gasteiger partial charge is 0.349 e. The maximum Gasteiger partial charge on any atom is 0.220 e. The third-order valence-corrected chi connectivity index (χ3v) is 3.69. The number of hydrogen-bond donors (Lipinski definition) is 2. The summed E-state index contributed by atoms with van der Waals surface area (Å²) in [6.45, 7) is 8.59. The van der Waals surface area contributed by atoms with Gasteiger partial charge in [-0.15, -0.1) is 0 Å². The second-order valence-corrected chi connectivity index (χ2v) is 7.02. The Morgan fingerprint density at radius 1 is 1.30 bits per heavy atom. The van der Waals surface area contributed by atoms with Crippen LogP contribution in [0.3, 0.4) is 0 Å². The summed E-state index contributed by atoms with van der Waals surface area (Å²) >= 11 is 0. The van der Waals surface area contributed by atoms with E-state index in [1.54, 1.807) is 0 Å². The van der Waals surface area contributed by atoms with E-state index in [1.807, 2.05) is 18.2 Å². The van der Waals surface area contributed by atoms with Crippen molar-refractivity contribution in [3.63, 3.8) is 0 Å². The smallest absolute Gasteiger partial charge is 0.220 e. The molecule has 1 amide bonds. The van der Waals surface area contributed by atoms with Crippen molar-refractivity contribution in [1.82, 2.24) is 10.6 Å². The fourth-order valence-electron chi connectivity index (χ4n) is 2.56. The van der Waals surface area contributed by atoms with Crippen LogP contribution in [0.15, 0.2) is 30.3 Å². The number of benzene rings is 1. The highest BCUT2D eigenvalue weighted by Crippen LogP contribution is 2.29. The average Bonchev–Trinajstić information content (AvgIpc) is 2.33. The van der Waals surface area contributed by atoms with Crippen molar-refractivity contribution < 1.29 is 4.79 Å². The van der Waals surface area contributed by atoms with Gasteiger partial charge >= 0.3 is 0 Å². The highest BCUT2D eigenvalue weighted by molar-refractivity contribution is 5.76. The molecule has 0 aliphatic carbocycles. The number of nitrogens with one attached hydrogen (secondary N) is 2. The van der Waals surface area contributed by atoms with E-state index in [4.69, 9.17) is 0 Å².